The summed E-state index contributed by atoms with van der Waals surface area (Å²) in [5.41, 5.74) is 1.38. The van der Waals surface area contributed by atoms with Gasteiger partial charge in [0.1, 0.15) is 5.00 Å². The molecule has 10 heteroatoms. The molecule has 1 aromatic heterocycles. The Labute approximate surface area is 237 Å². The summed E-state index contributed by atoms with van der Waals surface area (Å²) < 4.78 is 27.1. The third kappa shape index (κ3) is 6.24. The molecule has 3 heterocycles. The lowest BCUT2D eigenvalue weighted by molar-refractivity contribution is 0.0723. The predicted molar refractivity (Wildman–Crippen MR) is 157 cm³/mol. The molecule has 2 aliphatic heterocycles. The van der Waals surface area contributed by atoms with E-state index in [0.29, 0.717) is 29.1 Å². The monoisotopic (exact) mass is 574 g/mol. The van der Waals surface area contributed by atoms with E-state index in [2.05, 4.69) is 38.3 Å². The summed E-state index contributed by atoms with van der Waals surface area (Å²) in [5, 5.41) is 7.27. The van der Waals surface area contributed by atoms with Crippen LogP contribution in [0, 0.1) is 0 Å². The summed E-state index contributed by atoms with van der Waals surface area (Å²) >= 11 is 1.46. The summed E-state index contributed by atoms with van der Waals surface area (Å²) in [6.45, 7) is 12.4. The van der Waals surface area contributed by atoms with Gasteiger partial charge in [0.15, 0.2) is 0 Å². The Hall–Kier alpha value is -2.27. The van der Waals surface area contributed by atoms with Crippen molar-refractivity contribution in [1.29, 1.82) is 0 Å². The minimum atomic E-state index is -3.62. The molecular weight excluding hydrogens is 532 g/mol. The molecule has 39 heavy (non-hydrogen) atoms. The Morgan fingerprint density at radius 2 is 1.72 bits per heavy atom. The Morgan fingerprint density at radius 3 is 2.33 bits per heavy atom. The van der Waals surface area contributed by atoms with Crippen LogP contribution in [0.1, 0.15) is 97.9 Å². The Morgan fingerprint density at radius 1 is 1.08 bits per heavy atom. The number of fused-ring (bicyclic) bond motifs is 1. The van der Waals surface area contributed by atoms with Gasteiger partial charge in [0, 0.05) is 48.2 Å². The molecule has 1 fully saturated rings. The molecular formula is C29H42N4O4S2. The van der Waals surface area contributed by atoms with Gasteiger partial charge in [-0.1, -0.05) is 13.3 Å². The standard InChI is InChI=1S/C29H42N4O4S2/c1-7-8-16-32(6)39(36,37)21-14-12-20(13-15-21)25(34)30-26-23(27(35)33-17-10-9-11-18-33)22-19-28(2,3)31-29(4,5)24(22)38-26/h12-15,31H,7-11,16-19H2,1-6H3,(H,30,34). The molecule has 214 valence electrons. The second-order valence-corrected chi connectivity index (χ2v) is 15.0. The number of likely N-dealkylation sites (tertiary alicyclic amines) is 1. The van der Waals surface area contributed by atoms with Crippen LogP contribution in [-0.4, -0.2) is 61.7 Å². The Kier molecular flexibility index (Phi) is 8.61. The number of benzene rings is 1. The van der Waals surface area contributed by atoms with Crippen LogP contribution < -0.4 is 10.6 Å². The molecule has 0 radical (unpaired) electrons. The fourth-order valence-corrected chi connectivity index (χ4v) is 8.20. The van der Waals surface area contributed by atoms with Crippen LogP contribution in [0.25, 0.3) is 0 Å². The van der Waals surface area contributed by atoms with E-state index in [0.717, 1.165) is 55.6 Å². The van der Waals surface area contributed by atoms with Crippen LogP contribution in [0.3, 0.4) is 0 Å². The molecule has 4 rings (SSSR count). The summed E-state index contributed by atoms with van der Waals surface area (Å²) in [7, 11) is -2.05. The summed E-state index contributed by atoms with van der Waals surface area (Å²) in [5.74, 6) is -0.387. The van der Waals surface area contributed by atoms with Crippen molar-refractivity contribution in [2.24, 2.45) is 0 Å². The molecule has 2 aromatic rings. The van der Waals surface area contributed by atoms with E-state index in [1.807, 2.05) is 11.8 Å². The zero-order chi connectivity index (χ0) is 28.6. The molecule has 2 aliphatic rings. The largest absolute Gasteiger partial charge is 0.339 e. The molecule has 0 saturated carbocycles. The number of unbranched alkanes of at least 4 members (excludes halogenated alkanes) is 1. The number of anilines is 1. The first kappa shape index (κ1) is 29.7. The normalized spacial score (nSPS) is 18.6. The first-order valence-electron chi connectivity index (χ1n) is 13.9. The van der Waals surface area contributed by atoms with E-state index in [1.54, 1.807) is 7.05 Å². The maximum absolute atomic E-state index is 13.9. The van der Waals surface area contributed by atoms with Crippen molar-refractivity contribution in [2.45, 2.75) is 89.1 Å². The summed E-state index contributed by atoms with van der Waals surface area (Å²) in [4.78, 5) is 30.4. The zero-order valence-corrected chi connectivity index (χ0v) is 25.7. The first-order valence-corrected chi connectivity index (χ1v) is 16.1. The van der Waals surface area contributed by atoms with Gasteiger partial charge >= 0.3 is 0 Å². The second-order valence-electron chi connectivity index (χ2n) is 11.9. The van der Waals surface area contributed by atoms with Crippen LogP contribution in [0.2, 0.25) is 0 Å². The molecule has 0 bridgehead atoms. The highest BCUT2D eigenvalue weighted by Gasteiger charge is 2.42. The second kappa shape index (κ2) is 11.3. The van der Waals surface area contributed by atoms with Crippen molar-refractivity contribution in [1.82, 2.24) is 14.5 Å². The SMILES string of the molecule is CCCCN(C)S(=O)(=O)c1ccc(C(=O)Nc2sc3c(c2C(=O)N2CCCCC2)CC(C)(C)NC3(C)C)cc1. The lowest BCUT2D eigenvalue weighted by atomic mass is 9.81. The molecule has 1 saturated heterocycles. The van der Waals surface area contributed by atoms with Gasteiger partial charge < -0.3 is 15.5 Å². The number of carbonyl (C=O) groups excluding carboxylic acids is 2. The van der Waals surface area contributed by atoms with Gasteiger partial charge in [-0.2, -0.15) is 0 Å². The van der Waals surface area contributed by atoms with E-state index >= 15 is 0 Å². The zero-order valence-electron chi connectivity index (χ0n) is 24.0. The van der Waals surface area contributed by atoms with Gasteiger partial charge in [-0.15, -0.1) is 11.3 Å². The maximum Gasteiger partial charge on any atom is 0.257 e. The number of hydrogen-bond donors (Lipinski definition) is 2. The average molecular weight is 575 g/mol. The minimum absolute atomic E-state index is 0.0208. The number of nitrogens with one attached hydrogen (secondary N) is 2. The molecule has 1 aromatic carbocycles. The average Bonchev–Trinajstić information content (AvgIpc) is 3.24. The van der Waals surface area contributed by atoms with E-state index in [4.69, 9.17) is 0 Å². The minimum Gasteiger partial charge on any atom is -0.339 e. The molecule has 0 aliphatic carbocycles. The number of amides is 2. The van der Waals surface area contributed by atoms with Crippen LogP contribution in [0.4, 0.5) is 5.00 Å². The number of rotatable bonds is 8. The highest BCUT2D eigenvalue weighted by Crippen LogP contribution is 2.45. The number of carbonyl (C=O) groups is 2. The molecule has 2 amide bonds. The van der Waals surface area contributed by atoms with Gasteiger partial charge in [0.05, 0.1) is 10.5 Å². The van der Waals surface area contributed by atoms with Gasteiger partial charge in [-0.3, -0.25) is 9.59 Å². The van der Waals surface area contributed by atoms with E-state index in [9.17, 15) is 18.0 Å². The fraction of sp³-hybridized carbons (Fsp3) is 0.586. The number of hydrogen-bond acceptors (Lipinski definition) is 6. The van der Waals surface area contributed by atoms with Crippen molar-refractivity contribution in [3.8, 4) is 0 Å². The first-order chi connectivity index (χ1) is 18.3. The Bertz CT molecular complexity index is 1320. The van der Waals surface area contributed by atoms with Crippen LogP contribution >= 0.6 is 11.3 Å². The third-order valence-corrected chi connectivity index (χ3v) is 10.9. The molecule has 2 N–H and O–H groups in total. The number of nitrogens with zero attached hydrogens (tertiary/aromatic N) is 2. The lowest BCUT2D eigenvalue weighted by Crippen LogP contribution is -2.55. The van der Waals surface area contributed by atoms with Crippen molar-refractivity contribution in [2.75, 3.05) is 32.0 Å². The van der Waals surface area contributed by atoms with Gasteiger partial charge in [-0.25, -0.2) is 12.7 Å². The van der Waals surface area contributed by atoms with E-state index in [-0.39, 0.29) is 27.8 Å². The molecule has 8 nitrogen and oxygen atoms in total. The van der Waals surface area contributed by atoms with Crippen molar-refractivity contribution < 1.29 is 18.0 Å². The predicted octanol–water partition coefficient (Wildman–Crippen LogP) is 5.21. The van der Waals surface area contributed by atoms with Crippen molar-refractivity contribution in [3.63, 3.8) is 0 Å². The van der Waals surface area contributed by atoms with Crippen LogP contribution in [0.15, 0.2) is 29.2 Å². The number of piperidine rings is 1. The van der Waals surface area contributed by atoms with E-state index < -0.39 is 10.0 Å². The smallest absolute Gasteiger partial charge is 0.257 e. The highest BCUT2D eigenvalue weighted by atomic mass is 32.2. The van der Waals surface area contributed by atoms with Gasteiger partial charge in [0.2, 0.25) is 10.0 Å². The van der Waals surface area contributed by atoms with Crippen molar-refractivity contribution >= 4 is 38.2 Å². The molecule has 0 unspecified atom stereocenters. The number of sulfonamides is 1. The third-order valence-electron chi connectivity index (χ3n) is 7.58. The van der Waals surface area contributed by atoms with Gasteiger partial charge in [0.25, 0.3) is 11.8 Å². The van der Waals surface area contributed by atoms with Gasteiger partial charge in [-0.05, 0) is 89.6 Å². The molecule has 0 atom stereocenters. The maximum atomic E-state index is 13.9. The lowest BCUT2D eigenvalue weighted by Gasteiger charge is -2.42. The topological polar surface area (TPSA) is 98.8 Å². The quantitative estimate of drug-likeness (QED) is 0.451. The Balaban J connectivity index is 1.65. The van der Waals surface area contributed by atoms with E-state index in [1.165, 1.54) is 39.9 Å². The summed E-state index contributed by atoms with van der Waals surface area (Å²) in [6.07, 6.45) is 5.47. The highest BCUT2D eigenvalue weighted by molar-refractivity contribution is 7.89. The summed E-state index contributed by atoms with van der Waals surface area (Å²) in [6, 6.07) is 6.01. The van der Waals surface area contributed by atoms with Crippen LogP contribution in [-0.2, 0) is 22.0 Å². The fourth-order valence-electron chi connectivity index (χ4n) is 5.73. The van der Waals surface area contributed by atoms with Crippen molar-refractivity contribution in [3.05, 3.63) is 45.8 Å². The molecule has 0 spiro atoms. The number of thiophene rings is 1. The van der Waals surface area contributed by atoms with Crippen LogP contribution in [0.5, 0.6) is 0 Å².